The van der Waals surface area contributed by atoms with E-state index in [1.807, 2.05) is 0 Å². The molecule has 8 heteroatoms. The first kappa shape index (κ1) is 13.9. The molecule has 3 aromatic rings. The molecule has 0 atom stereocenters. The number of phenols is 1. The lowest BCUT2D eigenvalue weighted by Crippen LogP contribution is -2.00. The first-order valence-corrected chi connectivity index (χ1v) is 6.16. The van der Waals surface area contributed by atoms with Crippen LogP contribution in [0, 0.1) is 18.6 Å². The number of carbonyl (C=O) groups is 1. The third-order valence-electron chi connectivity index (χ3n) is 3.25. The second kappa shape index (κ2) is 4.76. The Hall–Kier alpha value is -3.03. The van der Waals surface area contributed by atoms with Crippen molar-refractivity contribution in [2.75, 3.05) is 0 Å². The van der Waals surface area contributed by atoms with E-state index in [1.54, 1.807) is 6.92 Å². The topological polar surface area (TPSA) is 99.1 Å². The Balaban J connectivity index is 2.30. The van der Waals surface area contributed by atoms with Crippen LogP contribution in [0.4, 0.5) is 8.78 Å². The van der Waals surface area contributed by atoms with Crippen LogP contribution in [0.1, 0.15) is 16.1 Å². The third kappa shape index (κ3) is 2.05. The van der Waals surface area contributed by atoms with Gasteiger partial charge in [-0.1, -0.05) is 0 Å². The number of nitrogens with zero attached hydrogens (tertiary/aromatic N) is 2. The van der Waals surface area contributed by atoms with Crippen molar-refractivity contribution >= 4 is 17.0 Å². The number of H-pyrrole nitrogens is 1. The van der Waals surface area contributed by atoms with Crippen LogP contribution in [0.25, 0.3) is 22.3 Å². The number of aromatic hydroxyl groups is 1. The Morgan fingerprint density at radius 3 is 2.45 bits per heavy atom. The van der Waals surface area contributed by atoms with Crippen LogP contribution >= 0.6 is 0 Å². The number of rotatable bonds is 2. The highest BCUT2D eigenvalue weighted by atomic mass is 19.1. The Labute approximate surface area is 122 Å². The summed E-state index contributed by atoms with van der Waals surface area (Å²) in [6, 6.07) is 2.95. The van der Waals surface area contributed by atoms with Gasteiger partial charge >= 0.3 is 5.97 Å². The van der Waals surface area contributed by atoms with Crippen molar-refractivity contribution in [1.29, 1.82) is 0 Å². The molecule has 0 spiro atoms. The number of hydrogen-bond acceptors (Lipinski definition) is 4. The number of aryl methyl sites for hydroxylation is 1. The number of halogens is 2. The number of benzene rings is 1. The zero-order valence-corrected chi connectivity index (χ0v) is 11.2. The predicted molar refractivity (Wildman–Crippen MR) is 72.6 cm³/mol. The number of aromatic nitrogens is 3. The average molecular weight is 305 g/mol. The molecule has 6 nitrogen and oxygen atoms in total. The normalized spacial score (nSPS) is 11.0. The van der Waals surface area contributed by atoms with Gasteiger partial charge in [-0.05, 0) is 25.1 Å². The molecule has 0 fully saturated rings. The van der Waals surface area contributed by atoms with Gasteiger partial charge < -0.3 is 10.2 Å². The van der Waals surface area contributed by atoms with Crippen molar-refractivity contribution in [3.63, 3.8) is 0 Å². The van der Waals surface area contributed by atoms with Gasteiger partial charge in [-0.2, -0.15) is 5.10 Å². The van der Waals surface area contributed by atoms with Crippen molar-refractivity contribution in [2.24, 2.45) is 0 Å². The monoisotopic (exact) mass is 305 g/mol. The van der Waals surface area contributed by atoms with Gasteiger partial charge in [-0.3, -0.25) is 5.10 Å². The summed E-state index contributed by atoms with van der Waals surface area (Å²) in [5, 5.41) is 25.2. The van der Waals surface area contributed by atoms with Crippen LogP contribution in [0.2, 0.25) is 0 Å². The second-order valence-corrected chi connectivity index (χ2v) is 4.70. The highest BCUT2D eigenvalue weighted by molar-refractivity contribution is 6.03. The van der Waals surface area contributed by atoms with E-state index >= 15 is 0 Å². The van der Waals surface area contributed by atoms with Crippen LogP contribution in [0.15, 0.2) is 18.2 Å². The lowest BCUT2D eigenvalue weighted by atomic mass is 10.1. The van der Waals surface area contributed by atoms with Gasteiger partial charge in [0.25, 0.3) is 0 Å². The Kier molecular flexibility index (Phi) is 3.01. The molecule has 3 rings (SSSR count). The fraction of sp³-hybridized carbons (Fsp3) is 0.0714. The number of fused-ring (bicyclic) bond motifs is 1. The maximum atomic E-state index is 13.4. The molecule has 1 aromatic carbocycles. The zero-order chi connectivity index (χ0) is 16.0. The molecule has 112 valence electrons. The summed E-state index contributed by atoms with van der Waals surface area (Å²) >= 11 is 0. The fourth-order valence-electron chi connectivity index (χ4n) is 2.20. The summed E-state index contributed by atoms with van der Waals surface area (Å²) in [5.41, 5.74) is 0.600. The minimum atomic E-state index is -1.21. The smallest absolute Gasteiger partial charge is 0.336 e. The number of nitrogens with one attached hydrogen (secondary N) is 1. The molecule has 0 aliphatic rings. The molecule has 2 heterocycles. The molecule has 0 aliphatic carbocycles. The number of aromatic carboxylic acids is 1. The summed E-state index contributed by atoms with van der Waals surface area (Å²) in [5.74, 6) is -4.63. The van der Waals surface area contributed by atoms with Crippen molar-refractivity contribution in [3.8, 4) is 17.0 Å². The average Bonchev–Trinajstić information content (AvgIpc) is 2.84. The van der Waals surface area contributed by atoms with E-state index in [1.165, 1.54) is 6.07 Å². The summed E-state index contributed by atoms with van der Waals surface area (Å²) in [6.07, 6.45) is 0. The largest absolute Gasteiger partial charge is 0.503 e. The van der Waals surface area contributed by atoms with Crippen molar-refractivity contribution in [2.45, 2.75) is 6.92 Å². The van der Waals surface area contributed by atoms with Crippen molar-refractivity contribution in [1.82, 2.24) is 15.2 Å². The van der Waals surface area contributed by atoms with Gasteiger partial charge in [0, 0.05) is 11.3 Å². The number of phenolic OH excluding ortho intramolecular Hbond substituents is 1. The summed E-state index contributed by atoms with van der Waals surface area (Å²) in [7, 11) is 0. The van der Waals surface area contributed by atoms with E-state index in [-0.39, 0.29) is 22.5 Å². The number of pyridine rings is 1. The molecule has 3 N–H and O–H groups in total. The zero-order valence-electron chi connectivity index (χ0n) is 11.2. The second-order valence-electron chi connectivity index (χ2n) is 4.70. The number of aromatic amines is 1. The van der Waals surface area contributed by atoms with Gasteiger partial charge in [0.05, 0.1) is 16.6 Å². The molecule has 0 radical (unpaired) electrons. The number of hydrogen-bond donors (Lipinski definition) is 3. The Bertz CT molecular complexity index is 898. The molecule has 0 saturated carbocycles. The lowest BCUT2D eigenvalue weighted by molar-refractivity contribution is 0.0699. The number of carboxylic acid groups (broad SMARTS) is 1. The minimum Gasteiger partial charge on any atom is -0.503 e. The predicted octanol–water partition coefficient (Wildman–Crippen LogP) is 2.62. The van der Waals surface area contributed by atoms with Gasteiger partial charge in [0.2, 0.25) is 0 Å². The Morgan fingerprint density at radius 1 is 1.23 bits per heavy atom. The quantitative estimate of drug-likeness (QED) is 0.676. The first-order valence-electron chi connectivity index (χ1n) is 6.16. The van der Waals surface area contributed by atoms with E-state index in [0.29, 0.717) is 11.1 Å². The molecule has 22 heavy (non-hydrogen) atoms. The molecule has 0 bridgehead atoms. The highest BCUT2D eigenvalue weighted by Gasteiger charge is 2.18. The maximum Gasteiger partial charge on any atom is 0.336 e. The van der Waals surface area contributed by atoms with E-state index < -0.39 is 23.4 Å². The van der Waals surface area contributed by atoms with Gasteiger partial charge in [-0.25, -0.2) is 18.6 Å². The van der Waals surface area contributed by atoms with Crippen LogP contribution in [0.3, 0.4) is 0 Å². The van der Waals surface area contributed by atoms with Crippen LogP contribution < -0.4 is 0 Å². The lowest BCUT2D eigenvalue weighted by Gasteiger charge is -2.06. The van der Waals surface area contributed by atoms with Gasteiger partial charge in [-0.15, -0.1) is 0 Å². The van der Waals surface area contributed by atoms with E-state index in [9.17, 15) is 18.7 Å². The number of carboxylic acids is 1. The minimum absolute atomic E-state index is 0.00199. The summed E-state index contributed by atoms with van der Waals surface area (Å²) < 4.78 is 26.9. The summed E-state index contributed by atoms with van der Waals surface area (Å²) in [6.45, 7) is 1.64. The molecule has 0 amide bonds. The maximum absolute atomic E-state index is 13.4. The summed E-state index contributed by atoms with van der Waals surface area (Å²) in [4.78, 5) is 15.5. The van der Waals surface area contributed by atoms with Crippen LogP contribution in [-0.4, -0.2) is 31.4 Å². The molecule has 0 aliphatic heterocycles. The van der Waals surface area contributed by atoms with Gasteiger partial charge in [0.1, 0.15) is 0 Å². The van der Waals surface area contributed by atoms with E-state index in [4.69, 9.17) is 5.11 Å². The molecular weight excluding hydrogens is 296 g/mol. The van der Waals surface area contributed by atoms with Crippen LogP contribution in [-0.2, 0) is 0 Å². The van der Waals surface area contributed by atoms with Crippen molar-refractivity contribution < 1.29 is 23.8 Å². The third-order valence-corrected chi connectivity index (χ3v) is 3.25. The van der Waals surface area contributed by atoms with E-state index in [0.717, 1.165) is 12.1 Å². The van der Waals surface area contributed by atoms with Crippen molar-refractivity contribution in [3.05, 3.63) is 41.1 Å². The Morgan fingerprint density at radius 2 is 1.86 bits per heavy atom. The molecule has 0 unspecified atom stereocenters. The SMILES string of the molecule is Cc1[nH]nc2nc(-c3cc(F)c(O)c(F)c3)cc(C(=O)O)c12. The fourth-order valence-corrected chi connectivity index (χ4v) is 2.20. The van der Waals surface area contributed by atoms with Gasteiger partial charge in [0.15, 0.2) is 23.0 Å². The first-order chi connectivity index (χ1) is 10.4. The molecule has 0 saturated heterocycles. The molecule has 2 aromatic heterocycles. The molecular formula is C14H9F2N3O3. The standard InChI is InChI=1S/C14H9F2N3O3/c1-5-11-7(14(21)22)4-10(17-13(11)19-18-5)6-2-8(15)12(20)9(16)3-6/h2-4,20H,1H3,(H,21,22)(H,17,18,19). The van der Waals surface area contributed by atoms with Crippen LogP contribution in [0.5, 0.6) is 5.75 Å². The highest BCUT2D eigenvalue weighted by Crippen LogP contribution is 2.30. The van der Waals surface area contributed by atoms with E-state index in [2.05, 4.69) is 15.2 Å².